The molecule has 5 heterocycles. The Morgan fingerprint density at radius 2 is 1.71 bits per heavy atom. The van der Waals surface area contributed by atoms with Crippen molar-refractivity contribution in [1.29, 1.82) is 5.26 Å². The number of amides is 1. The second-order valence-corrected chi connectivity index (χ2v) is 18.2. The lowest BCUT2D eigenvalue weighted by molar-refractivity contribution is -0.137. The predicted molar refractivity (Wildman–Crippen MR) is 228 cm³/mol. The molecule has 1 amide bonds. The van der Waals surface area contributed by atoms with E-state index >= 15 is 26.4 Å². The number of aromatic nitrogens is 2. The van der Waals surface area contributed by atoms with Gasteiger partial charge in [-0.2, -0.15) is 33.5 Å². The minimum absolute atomic E-state index is 0.0938. The number of likely N-dealkylation sites (tertiary alicyclic amines) is 1. The second-order valence-electron chi connectivity index (χ2n) is 17.2. The molecule has 0 saturated carbocycles. The van der Waals surface area contributed by atoms with Crippen LogP contribution in [0.15, 0.2) is 18.2 Å². The summed E-state index contributed by atoms with van der Waals surface area (Å²) in [5, 5.41) is 16.3. The maximum atomic E-state index is 16.9. The summed E-state index contributed by atoms with van der Waals surface area (Å²) in [5.74, 6) is -2.45. The second kappa shape index (κ2) is 19.8. The maximum Gasteiger partial charge on any atom is 0.417 e. The van der Waals surface area contributed by atoms with Crippen LogP contribution >= 0.6 is 11.3 Å². The molecule has 2 aromatic heterocycles. The number of halogens is 7. The number of benzene rings is 2. The molecule has 4 unspecified atom stereocenters. The van der Waals surface area contributed by atoms with Gasteiger partial charge in [-0.25, -0.2) is 18.0 Å². The van der Waals surface area contributed by atoms with Crippen molar-refractivity contribution < 1.29 is 55.0 Å². The summed E-state index contributed by atoms with van der Waals surface area (Å²) in [6.07, 6.45) is -2.52. The highest BCUT2D eigenvalue weighted by Crippen LogP contribution is 2.50. The average Bonchev–Trinajstić information content (AvgIpc) is 4.01. The van der Waals surface area contributed by atoms with E-state index in [-0.39, 0.29) is 44.0 Å². The van der Waals surface area contributed by atoms with Gasteiger partial charge in [-0.1, -0.05) is 10.5 Å². The van der Waals surface area contributed by atoms with Gasteiger partial charge in [0.1, 0.15) is 46.8 Å². The molecule has 0 aliphatic carbocycles. The van der Waals surface area contributed by atoms with Crippen molar-refractivity contribution in [3.8, 4) is 23.2 Å². The molecule has 0 spiro atoms. The van der Waals surface area contributed by atoms with E-state index in [4.69, 9.17) is 19.4 Å². The molecular weight excluding hydrogens is 860 g/mol. The van der Waals surface area contributed by atoms with Gasteiger partial charge < -0.3 is 29.2 Å². The number of carbonyl (C=O) groups excluding carboxylic acids is 2. The van der Waals surface area contributed by atoms with Gasteiger partial charge in [-0.05, 0) is 98.4 Å². The Morgan fingerprint density at radius 1 is 1.06 bits per heavy atom. The van der Waals surface area contributed by atoms with Gasteiger partial charge in [0.15, 0.2) is 5.82 Å². The molecule has 3 aliphatic rings. The Bertz CT molecular complexity index is 2300. The Kier molecular flexibility index (Phi) is 15.9. The molecule has 4 atom stereocenters. The van der Waals surface area contributed by atoms with Crippen molar-refractivity contribution >= 4 is 56.0 Å². The number of aliphatic hydroxyl groups is 1. The van der Waals surface area contributed by atoms with Crippen LogP contribution in [0.25, 0.3) is 32.1 Å². The highest BCUT2D eigenvalue weighted by molar-refractivity contribution is 7.23. The third-order valence-electron chi connectivity index (χ3n) is 10.9. The number of methoxy groups -OCH3 is 1. The average molecular weight is 914 g/mol. The van der Waals surface area contributed by atoms with E-state index in [0.29, 0.717) is 36.4 Å². The third-order valence-corrected chi connectivity index (χ3v) is 12.1. The first-order chi connectivity index (χ1) is 29.5. The SMILES string of the molecule is C=O.CO.COc1nc(N(C)C2CCN(C(=O)OC(C)(C)C)C2C)c2cc(C(F)(F)F)c(-c3ccc(F)c4sc(N(F)C(C)(C)C)c(C#N)c34)c(F)c2n1.FC1CC2CCCN2C1. The monoisotopic (exact) mass is 913 g/mol. The highest BCUT2D eigenvalue weighted by atomic mass is 32.1. The smallest absolute Gasteiger partial charge is 0.417 e. The molecule has 3 saturated heterocycles. The summed E-state index contributed by atoms with van der Waals surface area (Å²) in [4.78, 5) is 34.7. The fourth-order valence-electron chi connectivity index (χ4n) is 8.16. The first-order valence-electron chi connectivity index (χ1n) is 20.1. The van der Waals surface area contributed by atoms with E-state index in [2.05, 4.69) is 14.9 Å². The standard InChI is InChI=1S/C34H36F6N6O3S.C7H12FN.CH4O.CH2O/c1-16-22(12-13-45(16)31(47)49-33(5,6)7)44(8)28-18-14-20(34(37,38)39)24(25(36)26(18)42-30(43-28)48-9)17-10-11-21(35)27-23(17)19(15-41)29(50-27)46(40)32(2,3)4;8-6-4-7-2-1-3-9(7)5-6;2*1-2/h10-11,14,16,22H,12-13H2,1-9H3;6-7H,1-5H2;2H,1H3;1H2. The first-order valence-corrected chi connectivity index (χ1v) is 20.9. The molecule has 20 heteroatoms. The van der Waals surface area contributed by atoms with Crippen molar-refractivity contribution in [3.05, 3.63) is 41.0 Å². The number of thiophene rings is 1. The number of hydrogen-bond donors (Lipinski definition) is 1. The summed E-state index contributed by atoms with van der Waals surface area (Å²) in [6.45, 7) is 15.6. The van der Waals surface area contributed by atoms with Crippen LogP contribution in [0.2, 0.25) is 0 Å². The number of aliphatic hydroxyl groups excluding tert-OH is 1. The van der Waals surface area contributed by atoms with Gasteiger partial charge in [0.25, 0.3) is 0 Å². The van der Waals surface area contributed by atoms with Gasteiger partial charge in [-0.3, -0.25) is 4.90 Å². The fraction of sp³-hybridized carbons (Fsp3) is 0.558. The molecule has 7 rings (SSSR count). The number of alkyl halides is 4. The lowest BCUT2D eigenvalue weighted by Crippen LogP contribution is -2.45. The van der Waals surface area contributed by atoms with Crippen LogP contribution in [-0.2, 0) is 15.7 Å². The normalized spacial score (nSPS) is 19.9. The minimum atomic E-state index is -5.17. The van der Waals surface area contributed by atoms with E-state index < -0.39 is 81.1 Å². The number of likely N-dealkylation sites (N-methyl/N-ethyl adjacent to an activating group) is 1. The Balaban J connectivity index is 0.000000577. The van der Waals surface area contributed by atoms with E-state index in [9.17, 15) is 14.4 Å². The number of nitriles is 1. The van der Waals surface area contributed by atoms with Crippen LogP contribution in [0.3, 0.4) is 0 Å². The number of carbonyl (C=O) groups is 2. The fourth-order valence-corrected chi connectivity index (χ4v) is 9.43. The predicted octanol–water partition coefficient (Wildman–Crippen LogP) is 9.63. The molecule has 1 N–H and O–H groups in total. The summed E-state index contributed by atoms with van der Waals surface area (Å²) in [7, 11) is 3.78. The number of rotatable bonds is 5. The van der Waals surface area contributed by atoms with Gasteiger partial charge in [0.2, 0.25) is 0 Å². The topological polar surface area (TPSA) is 135 Å². The number of hydrogen-bond acceptors (Lipinski definition) is 12. The zero-order valence-electron chi connectivity index (χ0n) is 37.0. The van der Waals surface area contributed by atoms with Gasteiger partial charge in [-0.15, -0.1) is 11.3 Å². The molecule has 4 aromatic rings. The van der Waals surface area contributed by atoms with Crippen molar-refractivity contribution in [2.45, 2.75) is 116 Å². The largest absolute Gasteiger partial charge is 0.467 e. The van der Waals surface area contributed by atoms with Crippen LogP contribution in [0.4, 0.5) is 46.4 Å². The van der Waals surface area contributed by atoms with Crippen molar-refractivity contribution in [2.75, 3.05) is 50.9 Å². The molecule has 2 aromatic carbocycles. The lowest BCUT2D eigenvalue weighted by atomic mass is 9.92. The number of nitrogens with zero attached hydrogens (tertiary/aromatic N) is 7. The van der Waals surface area contributed by atoms with Crippen LogP contribution in [0.1, 0.15) is 85.3 Å². The lowest BCUT2D eigenvalue weighted by Gasteiger charge is -2.33. The van der Waals surface area contributed by atoms with Crippen molar-refractivity contribution in [3.63, 3.8) is 0 Å². The quantitative estimate of drug-likeness (QED) is 0.152. The molecule has 12 nitrogen and oxygen atoms in total. The number of anilines is 2. The molecule has 0 radical (unpaired) electrons. The molecule has 346 valence electrons. The molecule has 63 heavy (non-hydrogen) atoms. The van der Waals surface area contributed by atoms with Crippen molar-refractivity contribution in [2.24, 2.45) is 0 Å². The van der Waals surface area contributed by atoms with Crippen LogP contribution < -0.4 is 14.8 Å². The summed E-state index contributed by atoms with van der Waals surface area (Å²) in [6, 6.07) is 3.58. The summed E-state index contributed by atoms with van der Waals surface area (Å²) >= 11 is 0.534. The highest BCUT2D eigenvalue weighted by Gasteiger charge is 2.42. The van der Waals surface area contributed by atoms with Crippen LogP contribution in [0.5, 0.6) is 6.01 Å². The van der Waals surface area contributed by atoms with Gasteiger partial charge >= 0.3 is 18.3 Å². The van der Waals surface area contributed by atoms with Crippen LogP contribution in [-0.4, -0.2) is 114 Å². The van der Waals surface area contributed by atoms with Gasteiger partial charge in [0, 0.05) is 49.6 Å². The van der Waals surface area contributed by atoms with E-state index in [1.165, 1.54) is 45.6 Å². The number of fused-ring (bicyclic) bond motifs is 3. The van der Waals surface area contributed by atoms with Crippen LogP contribution in [0, 0.1) is 23.0 Å². The molecule has 0 bridgehead atoms. The first kappa shape index (κ1) is 50.6. The van der Waals surface area contributed by atoms with E-state index in [0.717, 1.165) is 32.2 Å². The Hall–Kier alpha value is -5.00. The molecular formula is C43H54F7N7O5S. The third kappa shape index (κ3) is 10.5. The van der Waals surface area contributed by atoms with Crippen molar-refractivity contribution in [1.82, 2.24) is 19.8 Å². The molecule has 3 aliphatic heterocycles. The summed E-state index contributed by atoms with van der Waals surface area (Å²) in [5.41, 5.74) is -5.87. The zero-order chi connectivity index (χ0) is 47.5. The number of ether oxygens (including phenoxy) is 2. The summed E-state index contributed by atoms with van der Waals surface area (Å²) < 4.78 is 116. The Labute approximate surface area is 366 Å². The Morgan fingerprint density at radius 3 is 2.27 bits per heavy atom. The molecule has 3 fully saturated rings. The maximum absolute atomic E-state index is 16.9. The zero-order valence-corrected chi connectivity index (χ0v) is 37.8. The van der Waals surface area contributed by atoms with E-state index in [1.54, 1.807) is 45.7 Å². The minimum Gasteiger partial charge on any atom is -0.467 e. The van der Waals surface area contributed by atoms with Gasteiger partial charge in [0.05, 0.1) is 40.6 Å². The van der Waals surface area contributed by atoms with E-state index in [1.807, 2.05) is 6.79 Å².